The van der Waals surface area contributed by atoms with Crippen molar-refractivity contribution in [1.82, 2.24) is 10.3 Å². The van der Waals surface area contributed by atoms with Gasteiger partial charge in [-0.3, -0.25) is 0 Å². The Labute approximate surface area is 125 Å². The highest BCUT2D eigenvalue weighted by molar-refractivity contribution is 9.10. The molecule has 1 N–H and O–H groups in total. The summed E-state index contributed by atoms with van der Waals surface area (Å²) in [6, 6.07) is 4.96. The zero-order valence-corrected chi connectivity index (χ0v) is 13.3. The molecular weight excluding hydrogens is 327 g/mol. The fourth-order valence-electron chi connectivity index (χ4n) is 1.88. The van der Waals surface area contributed by atoms with Crippen LogP contribution in [0.15, 0.2) is 34.2 Å². The number of thiazole rings is 1. The van der Waals surface area contributed by atoms with Gasteiger partial charge in [-0.1, -0.05) is 28.9 Å². The highest BCUT2D eigenvalue weighted by Crippen LogP contribution is 2.25. The van der Waals surface area contributed by atoms with Crippen LogP contribution in [0.2, 0.25) is 0 Å². The number of halogens is 2. The molecular formula is C14H16BrFN2S. The molecule has 0 spiro atoms. The van der Waals surface area contributed by atoms with Gasteiger partial charge in [0.15, 0.2) is 0 Å². The van der Waals surface area contributed by atoms with Crippen molar-refractivity contribution < 1.29 is 4.39 Å². The van der Waals surface area contributed by atoms with E-state index in [0.717, 1.165) is 21.6 Å². The van der Waals surface area contributed by atoms with Gasteiger partial charge in [0, 0.05) is 34.6 Å². The first-order valence-electron chi connectivity index (χ1n) is 6.15. The molecule has 2 rings (SSSR count). The lowest BCUT2D eigenvalue weighted by atomic mass is 10.1. The van der Waals surface area contributed by atoms with E-state index in [2.05, 4.69) is 40.1 Å². The molecule has 19 heavy (non-hydrogen) atoms. The van der Waals surface area contributed by atoms with Gasteiger partial charge in [-0.25, -0.2) is 9.37 Å². The molecule has 0 saturated heterocycles. The average molecular weight is 343 g/mol. The van der Waals surface area contributed by atoms with E-state index >= 15 is 0 Å². The van der Waals surface area contributed by atoms with Crippen molar-refractivity contribution >= 4 is 27.3 Å². The fraction of sp³-hybridized carbons (Fsp3) is 0.357. The molecule has 0 aliphatic carbocycles. The molecule has 2 atom stereocenters. The zero-order chi connectivity index (χ0) is 13.8. The number of hydrogen-bond donors (Lipinski definition) is 1. The van der Waals surface area contributed by atoms with E-state index in [9.17, 15) is 4.39 Å². The predicted octanol–water partition coefficient (Wildman–Crippen LogP) is 4.50. The Hall–Kier alpha value is -0.780. The predicted molar refractivity (Wildman–Crippen MR) is 81.0 cm³/mol. The standard InChI is InChI=1S/C14H16BrFN2S/c1-9(14-17-5-6-19-14)8-18-10(2)12-4-3-11(16)7-13(12)15/h3-7,9-10,18H,8H2,1-2H3. The molecule has 0 aliphatic heterocycles. The molecule has 2 unspecified atom stereocenters. The number of nitrogens with zero attached hydrogens (tertiary/aromatic N) is 1. The first-order chi connectivity index (χ1) is 9.08. The summed E-state index contributed by atoms with van der Waals surface area (Å²) in [5.41, 5.74) is 1.06. The van der Waals surface area contributed by atoms with Crippen molar-refractivity contribution in [3.8, 4) is 0 Å². The van der Waals surface area contributed by atoms with Gasteiger partial charge in [-0.15, -0.1) is 11.3 Å². The van der Waals surface area contributed by atoms with Crippen LogP contribution in [0.25, 0.3) is 0 Å². The second-order valence-electron chi connectivity index (χ2n) is 4.57. The number of aromatic nitrogens is 1. The van der Waals surface area contributed by atoms with Crippen LogP contribution in [0.4, 0.5) is 4.39 Å². The van der Waals surface area contributed by atoms with Gasteiger partial charge in [0.1, 0.15) is 5.82 Å². The third kappa shape index (κ3) is 3.84. The Morgan fingerprint density at radius 3 is 2.84 bits per heavy atom. The molecule has 0 saturated carbocycles. The van der Waals surface area contributed by atoms with E-state index < -0.39 is 0 Å². The molecule has 1 aromatic carbocycles. The SMILES string of the molecule is CC(CNC(C)c1ccc(F)cc1Br)c1nccs1. The number of benzene rings is 1. The maximum absolute atomic E-state index is 13.1. The molecule has 1 aromatic heterocycles. The summed E-state index contributed by atoms with van der Waals surface area (Å²) in [6.07, 6.45) is 1.83. The van der Waals surface area contributed by atoms with Crippen LogP contribution in [0.1, 0.15) is 36.4 Å². The first kappa shape index (κ1) is 14.6. The first-order valence-corrected chi connectivity index (χ1v) is 7.83. The lowest BCUT2D eigenvalue weighted by Crippen LogP contribution is -2.23. The summed E-state index contributed by atoms with van der Waals surface area (Å²) in [5.74, 6) is 0.153. The van der Waals surface area contributed by atoms with Crippen LogP contribution in [0.5, 0.6) is 0 Å². The van der Waals surface area contributed by atoms with Crippen LogP contribution in [0.3, 0.4) is 0 Å². The molecule has 0 amide bonds. The Kier molecular flexibility index (Phi) is 5.07. The van der Waals surface area contributed by atoms with E-state index in [1.54, 1.807) is 11.3 Å². The third-order valence-electron chi connectivity index (χ3n) is 3.03. The number of hydrogen-bond acceptors (Lipinski definition) is 3. The van der Waals surface area contributed by atoms with Crippen molar-refractivity contribution in [2.24, 2.45) is 0 Å². The smallest absolute Gasteiger partial charge is 0.124 e. The monoisotopic (exact) mass is 342 g/mol. The summed E-state index contributed by atoms with van der Waals surface area (Å²) >= 11 is 5.08. The fourth-order valence-corrected chi connectivity index (χ4v) is 3.27. The van der Waals surface area contributed by atoms with E-state index in [4.69, 9.17) is 0 Å². The summed E-state index contributed by atoms with van der Waals surface area (Å²) in [4.78, 5) is 4.32. The van der Waals surface area contributed by atoms with Gasteiger partial charge in [0.25, 0.3) is 0 Å². The summed E-state index contributed by atoms with van der Waals surface area (Å²) in [6.45, 7) is 5.07. The Morgan fingerprint density at radius 2 is 2.21 bits per heavy atom. The van der Waals surface area contributed by atoms with Crippen molar-refractivity contribution in [3.63, 3.8) is 0 Å². The quantitative estimate of drug-likeness (QED) is 0.865. The summed E-state index contributed by atoms with van der Waals surface area (Å²) < 4.78 is 13.9. The van der Waals surface area contributed by atoms with Gasteiger partial charge in [0.2, 0.25) is 0 Å². The van der Waals surface area contributed by atoms with Gasteiger partial charge in [-0.05, 0) is 24.6 Å². The maximum Gasteiger partial charge on any atom is 0.124 e. The lowest BCUT2D eigenvalue weighted by Gasteiger charge is -2.18. The van der Waals surface area contributed by atoms with Crippen LogP contribution in [-0.4, -0.2) is 11.5 Å². The largest absolute Gasteiger partial charge is 0.309 e. The molecule has 0 bridgehead atoms. The third-order valence-corrected chi connectivity index (χ3v) is 4.73. The van der Waals surface area contributed by atoms with Gasteiger partial charge in [0.05, 0.1) is 5.01 Å². The number of rotatable bonds is 5. The minimum Gasteiger partial charge on any atom is -0.309 e. The zero-order valence-electron chi connectivity index (χ0n) is 10.9. The van der Waals surface area contributed by atoms with Gasteiger partial charge < -0.3 is 5.32 Å². The maximum atomic E-state index is 13.1. The van der Waals surface area contributed by atoms with Crippen molar-refractivity contribution in [1.29, 1.82) is 0 Å². The Bertz CT molecular complexity index is 530. The summed E-state index contributed by atoms with van der Waals surface area (Å²) in [7, 11) is 0. The summed E-state index contributed by atoms with van der Waals surface area (Å²) in [5, 5.41) is 6.59. The molecule has 5 heteroatoms. The lowest BCUT2D eigenvalue weighted by molar-refractivity contribution is 0.533. The van der Waals surface area contributed by atoms with Gasteiger partial charge >= 0.3 is 0 Å². The van der Waals surface area contributed by atoms with E-state index in [1.165, 1.54) is 12.1 Å². The van der Waals surface area contributed by atoms with E-state index in [-0.39, 0.29) is 11.9 Å². The highest BCUT2D eigenvalue weighted by atomic mass is 79.9. The molecule has 102 valence electrons. The molecule has 2 nitrogen and oxygen atoms in total. The molecule has 0 radical (unpaired) electrons. The second kappa shape index (κ2) is 6.59. The van der Waals surface area contributed by atoms with Gasteiger partial charge in [-0.2, -0.15) is 0 Å². The van der Waals surface area contributed by atoms with E-state index in [1.807, 2.05) is 17.6 Å². The topological polar surface area (TPSA) is 24.9 Å². The van der Waals surface area contributed by atoms with Crippen LogP contribution >= 0.6 is 27.3 Å². The van der Waals surface area contributed by atoms with Crippen molar-refractivity contribution in [2.75, 3.05) is 6.54 Å². The normalized spacial score (nSPS) is 14.3. The van der Waals surface area contributed by atoms with Crippen LogP contribution in [0, 0.1) is 5.82 Å². The Morgan fingerprint density at radius 1 is 1.42 bits per heavy atom. The second-order valence-corrected chi connectivity index (χ2v) is 6.35. The van der Waals surface area contributed by atoms with Crippen LogP contribution < -0.4 is 5.32 Å². The van der Waals surface area contributed by atoms with E-state index in [0.29, 0.717) is 5.92 Å². The molecule has 2 aromatic rings. The molecule has 0 aliphatic rings. The molecule has 1 heterocycles. The van der Waals surface area contributed by atoms with Crippen molar-refractivity contribution in [3.05, 3.63) is 50.6 Å². The average Bonchev–Trinajstić information content (AvgIpc) is 2.89. The minimum atomic E-state index is -0.223. The number of nitrogens with one attached hydrogen (secondary N) is 1. The van der Waals surface area contributed by atoms with Crippen LogP contribution in [-0.2, 0) is 0 Å². The molecule has 0 fully saturated rings. The van der Waals surface area contributed by atoms with Crippen molar-refractivity contribution in [2.45, 2.75) is 25.8 Å². The minimum absolute atomic E-state index is 0.164. The highest BCUT2D eigenvalue weighted by Gasteiger charge is 2.13. The Balaban J connectivity index is 1.96.